The van der Waals surface area contributed by atoms with Gasteiger partial charge in [0.2, 0.25) is 0 Å². The first-order valence-electron chi connectivity index (χ1n) is 8.04. The van der Waals surface area contributed by atoms with Gasteiger partial charge in [0.05, 0.1) is 17.6 Å². The quantitative estimate of drug-likeness (QED) is 0.754. The van der Waals surface area contributed by atoms with E-state index in [0.29, 0.717) is 19.0 Å². The van der Waals surface area contributed by atoms with Crippen LogP contribution >= 0.6 is 0 Å². The number of ether oxygens (including phenoxy) is 1. The second kappa shape index (κ2) is 6.84. The number of aryl methyl sites for hydroxylation is 1. The number of aromatic nitrogens is 2. The molecule has 0 amide bonds. The lowest BCUT2D eigenvalue weighted by atomic mass is 10.2. The minimum Gasteiger partial charge on any atom is -0.492 e. The number of para-hydroxylation sites is 2. The van der Waals surface area contributed by atoms with Crippen molar-refractivity contribution in [1.29, 1.82) is 0 Å². The fourth-order valence-electron chi connectivity index (χ4n) is 2.72. The zero-order chi connectivity index (χ0) is 16.2. The minimum atomic E-state index is -0.605. The van der Waals surface area contributed by atoms with Crippen molar-refractivity contribution in [3.8, 4) is 5.75 Å². The first-order chi connectivity index (χ1) is 11.2. The standard InChI is InChI=1S/C19H22N2O2/c1-3-15-8-10-16(11-9-15)23-13-12-21-18-7-5-4-6-17(18)20-19(21)14(2)22/h4-11,14,22H,3,12-13H2,1-2H3. The van der Waals surface area contributed by atoms with E-state index in [1.807, 2.05) is 41.0 Å². The van der Waals surface area contributed by atoms with Crippen LogP contribution in [0.4, 0.5) is 0 Å². The highest BCUT2D eigenvalue weighted by atomic mass is 16.5. The molecule has 3 aromatic rings. The maximum atomic E-state index is 9.96. The van der Waals surface area contributed by atoms with Gasteiger partial charge in [0.25, 0.3) is 0 Å². The molecule has 0 aliphatic heterocycles. The highest BCUT2D eigenvalue weighted by molar-refractivity contribution is 5.76. The van der Waals surface area contributed by atoms with E-state index in [1.54, 1.807) is 6.92 Å². The normalized spacial score (nSPS) is 12.5. The van der Waals surface area contributed by atoms with E-state index >= 15 is 0 Å². The molecule has 3 rings (SSSR count). The predicted octanol–water partition coefficient (Wildman–Crippen LogP) is 3.73. The van der Waals surface area contributed by atoms with Crippen LogP contribution in [0.2, 0.25) is 0 Å². The Bertz CT molecular complexity index is 776. The van der Waals surface area contributed by atoms with E-state index in [0.717, 1.165) is 23.2 Å². The second-order valence-corrected chi connectivity index (χ2v) is 5.63. The Hall–Kier alpha value is -2.33. The molecule has 4 heteroatoms. The largest absolute Gasteiger partial charge is 0.492 e. The Labute approximate surface area is 136 Å². The van der Waals surface area contributed by atoms with Gasteiger partial charge in [-0.2, -0.15) is 0 Å². The summed E-state index contributed by atoms with van der Waals surface area (Å²) >= 11 is 0. The van der Waals surface area contributed by atoms with Crippen LogP contribution in [0.1, 0.15) is 31.3 Å². The lowest BCUT2D eigenvalue weighted by Gasteiger charge is -2.12. The molecule has 0 aliphatic carbocycles. The average Bonchev–Trinajstić information content (AvgIpc) is 2.95. The van der Waals surface area contributed by atoms with Crippen molar-refractivity contribution in [3.05, 3.63) is 59.9 Å². The number of nitrogens with zero attached hydrogens (tertiary/aromatic N) is 2. The summed E-state index contributed by atoms with van der Waals surface area (Å²) in [6, 6.07) is 16.1. The van der Waals surface area contributed by atoms with Crippen LogP contribution in [-0.2, 0) is 13.0 Å². The van der Waals surface area contributed by atoms with E-state index in [1.165, 1.54) is 5.56 Å². The molecule has 0 radical (unpaired) electrons. The van der Waals surface area contributed by atoms with Crippen LogP contribution < -0.4 is 4.74 Å². The molecular formula is C19H22N2O2. The van der Waals surface area contributed by atoms with Crippen molar-refractivity contribution in [1.82, 2.24) is 9.55 Å². The van der Waals surface area contributed by atoms with Gasteiger partial charge < -0.3 is 14.4 Å². The number of fused-ring (bicyclic) bond motifs is 1. The van der Waals surface area contributed by atoms with Crippen molar-refractivity contribution >= 4 is 11.0 Å². The molecule has 0 aliphatic rings. The van der Waals surface area contributed by atoms with Gasteiger partial charge in [0.1, 0.15) is 24.3 Å². The van der Waals surface area contributed by atoms with Gasteiger partial charge in [0.15, 0.2) is 0 Å². The monoisotopic (exact) mass is 310 g/mol. The van der Waals surface area contributed by atoms with Crippen LogP contribution in [0.3, 0.4) is 0 Å². The number of hydrogen-bond acceptors (Lipinski definition) is 3. The predicted molar refractivity (Wildman–Crippen MR) is 91.7 cm³/mol. The SMILES string of the molecule is CCc1ccc(OCCn2c(C(C)O)nc3ccccc32)cc1. The molecule has 1 N–H and O–H groups in total. The highest BCUT2D eigenvalue weighted by Gasteiger charge is 2.14. The number of hydrogen-bond donors (Lipinski definition) is 1. The van der Waals surface area contributed by atoms with E-state index in [-0.39, 0.29) is 0 Å². The number of benzene rings is 2. The number of rotatable bonds is 6. The fraction of sp³-hybridized carbons (Fsp3) is 0.316. The summed E-state index contributed by atoms with van der Waals surface area (Å²) < 4.78 is 7.86. The maximum Gasteiger partial charge on any atom is 0.138 e. The molecule has 23 heavy (non-hydrogen) atoms. The lowest BCUT2D eigenvalue weighted by molar-refractivity contribution is 0.181. The molecule has 2 aromatic carbocycles. The topological polar surface area (TPSA) is 47.3 Å². The van der Waals surface area contributed by atoms with Gasteiger partial charge in [-0.15, -0.1) is 0 Å². The molecule has 1 heterocycles. The Kier molecular flexibility index (Phi) is 4.63. The summed E-state index contributed by atoms with van der Waals surface area (Å²) in [6.45, 7) is 5.06. The van der Waals surface area contributed by atoms with Crippen LogP contribution in [0.25, 0.3) is 11.0 Å². The molecule has 120 valence electrons. The molecule has 0 spiro atoms. The summed E-state index contributed by atoms with van der Waals surface area (Å²) in [7, 11) is 0. The molecule has 1 unspecified atom stereocenters. The molecular weight excluding hydrogens is 288 g/mol. The molecule has 1 aromatic heterocycles. The molecule has 0 saturated carbocycles. The molecule has 1 atom stereocenters. The summed E-state index contributed by atoms with van der Waals surface area (Å²) in [5, 5.41) is 9.96. The number of aliphatic hydroxyl groups is 1. The third kappa shape index (κ3) is 3.37. The zero-order valence-corrected chi connectivity index (χ0v) is 13.6. The number of imidazole rings is 1. The van der Waals surface area contributed by atoms with Crippen LogP contribution in [-0.4, -0.2) is 21.3 Å². The highest BCUT2D eigenvalue weighted by Crippen LogP contribution is 2.21. The third-order valence-corrected chi connectivity index (χ3v) is 3.97. The maximum absolute atomic E-state index is 9.96. The summed E-state index contributed by atoms with van der Waals surface area (Å²) in [5.41, 5.74) is 3.22. The molecule has 0 fully saturated rings. The van der Waals surface area contributed by atoms with Gasteiger partial charge in [-0.25, -0.2) is 4.98 Å². The fourth-order valence-corrected chi connectivity index (χ4v) is 2.72. The van der Waals surface area contributed by atoms with Gasteiger partial charge in [-0.1, -0.05) is 31.2 Å². The Morgan fingerprint density at radius 3 is 2.57 bits per heavy atom. The van der Waals surface area contributed by atoms with E-state index in [9.17, 15) is 5.11 Å². The number of aliphatic hydroxyl groups excluding tert-OH is 1. The van der Waals surface area contributed by atoms with Gasteiger partial charge in [-0.05, 0) is 43.2 Å². The van der Waals surface area contributed by atoms with Crippen LogP contribution in [0.5, 0.6) is 5.75 Å². The first kappa shape index (κ1) is 15.6. The van der Waals surface area contributed by atoms with Gasteiger partial charge in [0, 0.05) is 0 Å². The van der Waals surface area contributed by atoms with Crippen molar-refractivity contribution in [3.63, 3.8) is 0 Å². The minimum absolute atomic E-state index is 0.533. The first-order valence-corrected chi connectivity index (χ1v) is 8.04. The second-order valence-electron chi connectivity index (χ2n) is 5.63. The smallest absolute Gasteiger partial charge is 0.138 e. The lowest BCUT2D eigenvalue weighted by Crippen LogP contribution is -2.12. The van der Waals surface area contributed by atoms with E-state index in [2.05, 4.69) is 24.0 Å². The zero-order valence-electron chi connectivity index (χ0n) is 13.6. The van der Waals surface area contributed by atoms with Gasteiger partial charge in [-0.3, -0.25) is 0 Å². The van der Waals surface area contributed by atoms with Crippen molar-refractivity contribution in [2.75, 3.05) is 6.61 Å². The average molecular weight is 310 g/mol. The molecule has 4 nitrogen and oxygen atoms in total. The Morgan fingerprint density at radius 1 is 1.13 bits per heavy atom. The van der Waals surface area contributed by atoms with Gasteiger partial charge >= 0.3 is 0 Å². The molecule has 0 saturated heterocycles. The van der Waals surface area contributed by atoms with Crippen LogP contribution in [0, 0.1) is 0 Å². The van der Waals surface area contributed by atoms with Crippen LogP contribution in [0.15, 0.2) is 48.5 Å². The Balaban J connectivity index is 1.74. The van der Waals surface area contributed by atoms with E-state index < -0.39 is 6.10 Å². The van der Waals surface area contributed by atoms with Crippen molar-refractivity contribution < 1.29 is 9.84 Å². The summed E-state index contributed by atoms with van der Waals surface area (Å²) in [5.74, 6) is 1.54. The third-order valence-electron chi connectivity index (χ3n) is 3.97. The summed E-state index contributed by atoms with van der Waals surface area (Å²) in [6.07, 6.45) is 0.422. The molecule has 0 bridgehead atoms. The van der Waals surface area contributed by atoms with Crippen molar-refractivity contribution in [2.24, 2.45) is 0 Å². The Morgan fingerprint density at radius 2 is 1.87 bits per heavy atom. The van der Waals surface area contributed by atoms with Crippen molar-refractivity contribution in [2.45, 2.75) is 32.9 Å². The summed E-state index contributed by atoms with van der Waals surface area (Å²) in [4.78, 5) is 4.52. The van der Waals surface area contributed by atoms with E-state index in [4.69, 9.17) is 4.74 Å².